The standard InChI is InChI=1S/C13H18N2O3/c14-9-3-4-11(12(15)8-9)13(16)18-7-5-10-2-1-6-17-10/h3-4,8,10H,1-2,5-7,14-15H2. The molecule has 1 unspecified atom stereocenters. The molecule has 0 saturated carbocycles. The summed E-state index contributed by atoms with van der Waals surface area (Å²) in [5.74, 6) is -0.412. The molecule has 1 aliphatic rings. The van der Waals surface area contributed by atoms with Crippen molar-refractivity contribution in [2.75, 3.05) is 24.7 Å². The lowest BCUT2D eigenvalue weighted by atomic mass is 10.1. The first-order valence-corrected chi connectivity index (χ1v) is 6.10. The molecule has 0 aromatic heterocycles. The highest BCUT2D eigenvalue weighted by molar-refractivity contribution is 5.95. The molecule has 0 amide bonds. The fourth-order valence-corrected chi connectivity index (χ4v) is 2.00. The normalized spacial score (nSPS) is 18.8. The number of benzene rings is 1. The van der Waals surface area contributed by atoms with Crippen molar-refractivity contribution in [1.29, 1.82) is 0 Å². The van der Waals surface area contributed by atoms with Crippen molar-refractivity contribution in [2.45, 2.75) is 25.4 Å². The molecule has 1 aromatic carbocycles. The number of nitrogen functional groups attached to an aromatic ring is 2. The first-order chi connectivity index (χ1) is 8.66. The van der Waals surface area contributed by atoms with Crippen LogP contribution in [0.15, 0.2) is 18.2 Å². The van der Waals surface area contributed by atoms with Crippen molar-refractivity contribution >= 4 is 17.3 Å². The predicted octanol–water partition coefficient (Wildman–Crippen LogP) is 1.58. The van der Waals surface area contributed by atoms with Crippen molar-refractivity contribution in [2.24, 2.45) is 0 Å². The number of anilines is 2. The summed E-state index contributed by atoms with van der Waals surface area (Å²) < 4.78 is 10.6. The molecular weight excluding hydrogens is 232 g/mol. The van der Waals surface area contributed by atoms with Crippen LogP contribution in [-0.2, 0) is 9.47 Å². The third-order valence-electron chi connectivity index (χ3n) is 2.99. The molecule has 5 heteroatoms. The van der Waals surface area contributed by atoms with Crippen molar-refractivity contribution in [3.05, 3.63) is 23.8 Å². The smallest absolute Gasteiger partial charge is 0.340 e. The van der Waals surface area contributed by atoms with Crippen molar-refractivity contribution < 1.29 is 14.3 Å². The van der Waals surface area contributed by atoms with Gasteiger partial charge in [0.15, 0.2) is 0 Å². The maximum Gasteiger partial charge on any atom is 0.340 e. The third kappa shape index (κ3) is 3.13. The molecule has 0 aliphatic carbocycles. The molecule has 0 spiro atoms. The highest BCUT2D eigenvalue weighted by Crippen LogP contribution is 2.18. The zero-order valence-corrected chi connectivity index (χ0v) is 10.2. The van der Waals surface area contributed by atoms with Gasteiger partial charge in [-0.15, -0.1) is 0 Å². The molecule has 0 radical (unpaired) electrons. The lowest BCUT2D eigenvalue weighted by Crippen LogP contribution is -2.14. The monoisotopic (exact) mass is 250 g/mol. The van der Waals surface area contributed by atoms with E-state index in [-0.39, 0.29) is 6.10 Å². The highest BCUT2D eigenvalue weighted by atomic mass is 16.5. The van der Waals surface area contributed by atoms with Gasteiger partial charge in [0.2, 0.25) is 0 Å². The van der Waals surface area contributed by atoms with Gasteiger partial charge in [-0.1, -0.05) is 0 Å². The summed E-state index contributed by atoms with van der Waals surface area (Å²) in [6.45, 7) is 1.16. The summed E-state index contributed by atoms with van der Waals surface area (Å²) in [5, 5.41) is 0. The predicted molar refractivity (Wildman–Crippen MR) is 69.1 cm³/mol. The molecule has 1 aliphatic heterocycles. The Bertz CT molecular complexity index is 428. The lowest BCUT2D eigenvalue weighted by molar-refractivity contribution is 0.0387. The molecule has 1 heterocycles. The maximum absolute atomic E-state index is 11.8. The van der Waals surface area contributed by atoms with E-state index in [1.807, 2.05) is 0 Å². The minimum atomic E-state index is -0.412. The van der Waals surface area contributed by atoms with Crippen LogP contribution in [0.2, 0.25) is 0 Å². The van der Waals surface area contributed by atoms with Gasteiger partial charge in [0, 0.05) is 24.4 Å². The van der Waals surface area contributed by atoms with Crippen molar-refractivity contribution in [1.82, 2.24) is 0 Å². The largest absolute Gasteiger partial charge is 0.462 e. The van der Waals surface area contributed by atoms with E-state index in [0.717, 1.165) is 25.9 Å². The van der Waals surface area contributed by atoms with Gasteiger partial charge >= 0.3 is 5.97 Å². The molecule has 1 atom stereocenters. The molecule has 18 heavy (non-hydrogen) atoms. The first kappa shape index (κ1) is 12.7. The van der Waals surface area contributed by atoms with Crippen LogP contribution in [-0.4, -0.2) is 25.3 Å². The minimum absolute atomic E-state index is 0.224. The maximum atomic E-state index is 11.8. The Balaban J connectivity index is 1.83. The Labute approximate surface area is 106 Å². The van der Waals surface area contributed by atoms with E-state index in [1.165, 1.54) is 0 Å². The van der Waals surface area contributed by atoms with Crippen molar-refractivity contribution in [3.63, 3.8) is 0 Å². The summed E-state index contributed by atoms with van der Waals surface area (Å²) in [6, 6.07) is 4.77. The minimum Gasteiger partial charge on any atom is -0.462 e. The van der Waals surface area contributed by atoms with Gasteiger partial charge < -0.3 is 20.9 Å². The summed E-state index contributed by atoms with van der Waals surface area (Å²) in [5.41, 5.74) is 12.5. The molecule has 2 rings (SSSR count). The molecule has 98 valence electrons. The van der Waals surface area contributed by atoms with E-state index in [2.05, 4.69) is 0 Å². The van der Waals surface area contributed by atoms with E-state index in [4.69, 9.17) is 20.9 Å². The first-order valence-electron chi connectivity index (χ1n) is 6.10. The molecular formula is C13H18N2O3. The Morgan fingerprint density at radius 1 is 1.44 bits per heavy atom. The zero-order valence-electron chi connectivity index (χ0n) is 10.2. The second-order valence-electron chi connectivity index (χ2n) is 4.41. The molecule has 1 fully saturated rings. The fourth-order valence-electron chi connectivity index (χ4n) is 2.00. The van der Waals surface area contributed by atoms with Gasteiger partial charge in [-0.3, -0.25) is 0 Å². The SMILES string of the molecule is Nc1ccc(C(=O)OCCC2CCCO2)c(N)c1. The number of ether oxygens (including phenoxy) is 2. The van der Waals surface area contributed by atoms with Crippen LogP contribution in [0.1, 0.15) is 29.6 Å². The number of carbonyl (C=O) groups excluding carboxylic acids is 1. The third-order valence-corrected chi connectivity index (χ3v) is 2.99. The van der Waals surface area contributed by atoms with Gasteiger partial charge in [-0.25, -0.2) is 4.79 Å². The summed E-state index contributed by atoms with van der Waals surface area (Å²) in [6.07, 6.45) is 3.09. The summed E-state index contributed by atoms with van der Waals surface area (Å²) in [7, 11) is 0. The van der Waals surface area contributed by atoms with E-state index < -0.39 is 5.97 Å². The van der Waals surface area contributed by atoms with Crippen LogP contribution < -0.4 is 11.5 Å². The van der Waals surface area contributed by atoms with E-state index in [9.17, 15) is 4.79 Å². The van der Waals surface area contributed by atoms with Gasteiger partial charge in [-0.2, -0.15) is 0 Å². The topological polar surface area (TPSA) is 87.6 Å². The number of hydrogen-bond donors (Lipinski definition) is 2. The van der Waals surface area contributed by atoms with Crippen LogP contribution in [0, 0.1) is 0 Å². The van der Waals surface area contributed by atoms with Crippen LogP contribution in [0.4, 0.5) is 11.4 Å². The molecule has 1 saturated heterocycles. The summed E-state index contributed by atoms with van der Waals surface area (Å²) >= 11 is 0. The molecule has 1 aromatic rings. The average molecular weight is 250 g/mol. The van der Waals surface area contributed by atoms with E-state index >= 15 is 0 Å². The van der Waals surface area contributed by atoms with Crippen molar-refractivity contribution in [3.8, 4) is 0 Å². The van der Waals surface area contributed by atoms with Gasteiger partial charge in [0.1, 0.15) is 0 Å². The Hall–Kier alpha value is -1.75. The number of esters is 1. The Kier molecular flexibility index (Phi) is 4.04. The zero-order chi connectivity index (χ0) is 13.0. The molecule has 4 N–H and O–H groups in total. The summed E-state index contributed by atoms with van der Waals surface area (Å²) in [4.78, 5) is 11.8. The number of hydrogen-bond acceptors (Lipinski definition) is 5. The lowest BCUT2D eigenvalue weighted by Gasteiger charge is -2.10. The van der Waals surface area contributed by atoms with Crippen LogP contribution in [0.5, 0.6) is 0 Å². The average Bonchev–Trinajstić information content (AvgIpc) is 2.81. The Morgan fingerprint density at radius 2 is 2.28 bits per heavy atom. The van der Waals surface area contributed by atoms with Crippen LogP contribution >= 0.6 is 0 Å². The number of rotatable bonds is 4. The van der Waals surface area contributed by atoms with Crippen LogP contribution in [0.3, 0.4) is 0 Å². The molecule has 5 nitrogen and oxygen atoms in total. The number of carbonyl (C=O) groups is 1. The highest BCUT2D eigenvalue weighted by Gasteiger charge is 2.17. The van der Waals surface area contributed by atoms with Gasteiger partial charge in [0.25, 0.3) is 0 Å². The van der Waals surface area contributed by atoms with E-state index in [1.54, 1.807) is 18.2 Å². The Morgan fingerprint density at radius 3 is 2.94 bits per heavy atom. The van der Waals surface area contributed by atoms with Gasteiger partial charge in [-0.05, 0) is 31.0 Å². The van der Waals surface area contributed by atoms with E-state index in [0.29, 0.717) is 23.5 Å². The molecule has 0 bridgehead atoms. The van der Waals surface area contributed by atoms with Gasteiger partial charge in [0.05, 0.1) is 18.3 Å². The number of nitrogens with two attached hydrogens (primary N) is 2. The fraction of sp³-hybridized carbons (Fsp3) is 0.462. The van der Waals surface area contributed by atoms with Crippen LogP contribution in [0.25, 0.3) is 0 Å². The second kappa shape index (κ2) is 5.73. The second-order valence-corrected chi connectivity index (χ2v) is 4.41. The quantitative estimate of drug-likeness (QED) is 0.625.